The topological polar surface area (TPSA) is 55.1 Å². The van der Waals surface area contributed by atoms with Crippen molar-refractivity contribution in [3.63, 3.8) is 0 Å². The lowest BCUT2D eigenvalue weighted by molar-refractivity contribution is 0.294. The van der Waals surface area contributed by atoms with Gasteiger partial charge >= 0.3 is 0 Å². The largest absolute Gasteiger partial charge is 0.486 e. The second kappa shape index (κ2) is 8.21. The first kappa shape index (κ1) is 17.6. The zero-order valence-electron chi connectivity index (χ0n) is 12.9. The molecule has 3 rings (SSSR count). The highest BCUT2D eigenvalue weighted by molar-refractivity contribution is 7.09. The normalized spacial score (nSPS) is 10.3. The lowest BCUT2D eigenvalue weighted by atomic mass is 10.2. The number of nitrogens with zero attached hydrogens (tertiary/aromatic N) is 2. The molecule has 2 aromatic carbocycles. The van der Waals surface area contributed by atoms with Gasteiger partial charge in [-0.1, -0.05) is 23.2 Å². The van der Waals surface area contributed by atoms with E-state index in [1.165, 1.54) is 11.3 Å². The minimum Gasteiger partial charge on any atom is -0.486 e. The van der Waals surface area contributed by atoms with Crippen molar-refractivity contribution in [2.45, 2.75) is 13.2 Å². The summed E-state index contributed by atoms with van der Waals surface area (Å²) < 4.78 is 11.3. The molecule has 0 saturated heterocycles. The fourth-order valence-corrected chi connectivity index (χ4v) is 3.05. The number of benzene rings is 2. The number of aromatic nitrogens is 1. The maximum Gasteiger partial charge on any atom is 0.140 e. The number of hydrogen-bond acceptors (Lipinski definition) is 5. The molecule has 0 radical (unpaired) electrons. The summed E-state index contributed by atoms with van der Waals surface area (Å²) in [7, 11) is 0. The molecular formula is C18H12Cl2N2O2S. The van der Waals surface area contributed by atoms with Crippen molar-refractivity contribution in [2.24, 2.45) is 0 Å². The zero-order valence-corrected chi connectivity index (χ0v) is 15.2. The lowest BCUT2D eigenvalue weighted by Gasteiger charge is -2.06. The van der Waals surface area contributed by atoms with Gasteiger partial charge in [0, 0.05) is 10.4 Å². The molecule has 0 amide bonds. The van der Waals surface area contributed by atoms with Crippen LogP contribution in [0, 0.1) is 11.3 Å². The molecule has 0 aliphatic carbocycles. The van der Waals surface area contributed by atoms with E-state index in [1.54, 1.807) is 30.3 Å². The van der Waals surface area contributed by atoms with Crippen molar-refractivity contribution in [1.29, 1.82) is 5.26 Å². The minimum atomic E-state index is 0.295. The third-order valence-electron chi connectivity index (χ3n) is 3.21. The second-order valence-corrected chi connectivity index (χ2v) is 6.81. The van der Waals surface area contributed by atoms with E-state index in [-0.39, 0.29) is 0 Å². The van der Waals surface area contributed by atoms with Crippen molar-refractivity contribution in [1.82, 2.24) is 4.98 Å². The number of halogens is 2. The third-order valence-corrected chi connectivity index (χ3v) is 4.63. The van der Waals surface area contributed by atoms with Crippen LogP contribution in [0.2, 0.25) is 10.0 Å². The summed E-state index contributed by atoms with van der Waals surface area (Å²) in [4.78, 5) is 4.47. The van der Waals surface area contributed by atoms with Gasteiger partial charge in [0.1, 0.15) is 29.7 Å². The fraction of sp³-hybridized carbons (Fsp3) is 0.111. The van der Waals surface area contributed by atoms with Crippen LogP contribution in [0.25, 0.3) is 0 Å². The van der Waals surface area contributed by atoms with Crippen molar-refractivity contribution in [3.05, 3.63) is 74.2 Å². The molecule has 0 spiro atoms. The van der Waals surface area contributed by atoms with Crippen LogP contribution in [0.1, 0.15) is 16.3 Å². The molecule has 25 heavy (non-hydrogen) atoms. The summed E-state index contributed by atoms with van der Waals surface area (Å²) >= 11 is 13.4. The summed E-state index contributed by atoms with van der Waals surface area (Å²) in [6.45, 7) is 0.674. The van der Waals surface area contributed by atoms with Crippen LogP contribution < -0.4 is 9.47 Å². The van der Waals surface area contributed by atoms with Crippen molar-refractivity contribution in [2.75, 3.05) is 0 Å². The summed E-state index contributed by atoms with van der Waals surface area (Å²) in [5.74, 6) is 1.26. The molecule has 0 atom stereocenters. The molecule has 0 unspecified atom stereocenters. The Morgan fingerprint density at radius 1 is 1.04 bits per heavy atom. The van der Waals surface area contributed by atoms with Crippen molar-refractivity contribution in [3.8, 4) is 17.6 Å². The molecule has 4 nitrogen and oxygen atoms in total. The molecule has 0 saturated carbocycles. The molecule has 126 valence electrons. The maximum absolute atomic E-state index is 8.83. The number of nitriles is 1. The highest BCUT2D eigenvalue weighted by atomic mass is 35.5. The first-order chi connectivity index (χ1) is 12.1. The number of ether oxygens (including phenoxy) is 2. The standard InChI is InChI=1S/C18H12Cl2N2O2S/c19-13-2-4-15(5-3-13)23-10-18-22-14(11-25-18)9-24-17-6-1-12(8-21)7-16(17)20/h1-7,11H,9-10H2. The van der Waals surface area contributed by atoms with Gasteiger partial charge < -0.3 is 9.47 Å². The van der Waals surface area contributed by atoms with Crippen LogP contribution in [0.3, 0.4) is 0 Å². The average Bonchev–Trinajstić information content (AvgIpc) is 3.08. The zero-order chi connectivity index (χ0) is 17.6. The van der Waals surface area contributed by atoms with Crippen LogP contribution in [-0.2, 0) is 13.2 Å². The predicted molar refractivity (Wildman–Crippen MR) is 98.4 cm³/mol. The Kier molecular flexibility index (Phi) is 5.77. The van der Waals surface area contributed by atoms with Crippen LogP contribution in [0.5, 0.6) is 11.5 Å². The van der Waals surface area contributed by atoms with Gasteiger partial charge in [0.15, 0.2) is 0 Å². The number of thiazole rings is 1. The van der Waals surface area contributed by atoms with Gasteiger partial charge in [-0.05, 0) is 42.5 Å². The second-order valence-electron chi connectivity index (χ2n) is 5.02. The molecule has 0 N–H and O–H groups in total. The van der Waals surface area contributed by atoms with E-state index in [0.717, 1.165) is 16.5 Å². The molecular weight excluding hydrogens is 379 g/mol. The van der Waals surface area contributed by atoms with Gasteiger partial charge in [0.05, 0.1) is 22.3 Å². The Balaban J connectivity index is 1.55. The molecule has 1 heterocycles. The van der Waals surface area contributed by atoms with Crippen molar-refractivity contribution < 1.29 is 9.47 Å². The van der Waals surface area contributed by atoms with E-state index in [4.69, 9.17) is 37.9 Å². The van der Waals surface area contributed by atoms with Gasteiger partial charge in [-0.3, -0.25) is 0 Å². The van der Waals surface area contributed by atoms with Gasteiger partial charge in [-0.25, -0.2) is 4.98 Å². The maximum atomic E-state index is 8.83. The summed E-state index contributed by atoms with van der Waals surface area (Å²) in [5.41, 5.74) is 1.28. The fourth-order valence-electron chi connectivity index (χ4n) is 2.00. The van der Waals surface area contributed by atoms with Crippen LogP contribution >= 0.6 is 34.5 Å². The molecule has 0 aliphatic rings. The monoisotopic (exact) mass is 390 g/mol. The third kappa shape index (κ3) is 4.86. The first-order valence-corrected chi connectivity index (χ1v) is 8.91. The Morgan fingerprint density at radius 2 is 1.84 bits per heavy atom. The van der Waals surface area contributed by atoms with Gasteiger partial charge in [-0.2, -0.15) is 5.26 Å². The highest BCUT2D eigenvalue weighted by Gasteiger charge is 2.07. The SMILES string of the molecule is N#Cc1ccc(OCc2csc(COc3ccc(Cl)cc3)n2)c(Cl)c1. The first-order valence-electron chi connectivity index (χ1n) is 7.28. The van der Waals surface area contributed by atoms with Gasteiger partial charge in [-0.15, -0.1) is 11.3 Å². The molecule has 0 bridgehead atoms. The predicted octanol–water partition coefficient (Wildman–Crippen LogP) is 5.48. The Labute approximate surface area is 159 Å². The molecule has 1 aromatic heterocycles. The van der Waals surface area contributed by atoms with Crippen LogP contribution in [0.15, 0.2) is 47.8 Å². The van der Waals surface area contributed by atoms with E-state index in [2.05, 4.69) is 4.98 Å². The summed E-state index contributed by atoms with van der Waals surface area (Å²) in [5, 5.41) is 12.7. The van der Waals surface area contributed by atoms with E-state index in [0.29, 0.717) is 34.6 Å². The molecule has 0 fully saturated rings. The smallest absolute Gasteiger partial charge is 0.140 e. The quantitative estimate of drug-likeness (QED) is 0.558. The molecule has 0 aliphatic heterocycles. The summed E-state index contributed by atoms with van der Waals surface area (Å²) in [6.07, 6.45) is 0. The molecule has 7 heteroatoms. The Morgan fingerprint density at radius 3 is 2.56 bits per heavy atom. The van der Waals surface area contributed by atoms with Crippen LogP contribution in [-0.4, -0.2) is 4.98 Å². The summed E-state index contributed by atoms with van der Waals surface area (Å²) in [6, 6.07) is 14.1. The number of rotatable bonds is 6. The van der Waals surface area contributed by atoms with Crippen LogP contribution in [0.4, 0.5) is 0 Å². The lowest BCUT2D eigenvalue weighted by Crippen LogP contribution is -1.99. The highest BCUT2D eigenvalue weighted by Crippen LogP contribution is 2.26. The van der Waals surface area contributed by atoms with Gasteiger partial charge in [0.2, 0.25) is 0 Å². The minimum absolute atomic E-state index is 0.295. The van der Waals surface area contributed by atoms with E-state index >= 15 is 0 Å². The average molecular weight is 391 g/mol. The number of hydrogen-bond donors (Lipinski definition) is 0. The van der Waals surface area contributed by atoms with Gasteiger partial charge in [0.25, 0.3) is 0 Å². The van der Waals surface area contributed by atoms with E-state index in [9.17, 15) is 0 Å². The van der Waals surface area contributed by atoms with E-state index in [1.807, 2.05) is 23.6 Å². The van der Waals surface area contributed by atoms with Crippen molar-refractivity contribution >= 4 is 34.5 Å². The van der Waals surface area contributed by atoms with E-state index < -0.39 is 0 Å². The Hall–Kier alpha value is -2.26. The molecule has 3 aromatic rings. The Bertz CT molecular complexity index is 904.